The Morgan fingerprint density at radius 1 is 1.39 bits per heavy atom. The zero-order valence-corrected chi connectivity index (χ0v) is 11.3. The molecule has 1 amide bonds. The summed E-state index contributed by atoms with van der Waals surface area (Å²) in [6.07, 6.45) is 0. The topological polar surface area (TPSA) is 64.8 Å². The maximum atomic E-state index is 12.3. The molecule has 0 aliphatic rings. The van der Waals surface area contributed by atoms with Crippen LogP contribution in [0.1, 0.15) is 17.3 Å². The summed E-state index contributed by atoms with van der Waals surface area (Å²) in [5, 5.41) is 0. The van der Waals surface area contributed by atoms with Crippen molar-refractivity contribution in [1.29, 1.82) is 0 Å². The molecule has 1 rings (SSSR count). The molecule has 1 atom stereocenters. The summed E-state index contributed by atoms with van der Waals surface area (Å²) in [7, 11) is 4.78. The smallest absolute Gasteiger partial charge is 0.257 e. The lowest BCUT2D eigenvalue weighted by molar-refractivity contribution is 0.0744. The number of amides is 1. The molecule has 1 aromatic carbocycles. The third-order valence-electron chi connectivity index (χ3n) is 2.96. The first-order valence-corrected chi connectivity index (χ1v) is 5.75. The van der Waals surface area contributed by atoms with Gasteiger partial charge in [0, 0.05) is 19.6 Å². The first kappa shape index (κ1) is 14.3. The minimum Gasteiger partial charge on any atom is -0.493 e. The zero-order valence-electron chi connectivity index (χ0n) is 11.3. The summed E-state index contributed by atoms with van der Waals surface area (Å²) >= 11 is 0. The van der Waals surface area contributed by atoms with E-state index in [-0.39, 0.29) is 11.9 Å². The minimum atomic E-state index is -0.135. The van der Waals surface area contributed by atoms with Crippen molar-refractivity contribution in [2.24, 2.45) is 5.73 Å². The lowest BCUT2D eigenvalue weighted by Crippen LogP contribution is -2.39. The summed E-state index contributed by atoms with van der Waals surface area (Å²) < 4.78 is 10.4. The SMILES string of the molecule is COc1cccc(C(=O)N(C)C(C)CN)c1OC. The van der Waals surface area contributed by atoms with Gasteiger partial charge in [-0.2, -0.15) is 0 Å². The third-order valence-corrected chi connectivity index (χ3v) is 2.96. The molecule has 1 aromatic rings. The van der Waals surface area contributed by atoms with Gasteiger partial charge in [0.1, 0.15) is 0 Å². The lowest BCUT2D eigenvalue weighted by Gasteiger charge is -2.24. The molecule has 0 spiro atoms. The second-order valence-electron chi connectivity index (χ2n) is 4.04. The molecule has 0 fully saturated rings. The van der Waals surface area contributed by atoms with Crippen LogP contribution >= 0.6 is 0 Å². The summed E-state index contributed by atoms with van der Waals surface area (Å²) in [6, 6.07) is 5.19. The average molecular weight is 252 g/mol. The van der Waals surface area contributed by atoms with Gasteiger partial charge in [-0.1, -0.05) is 6.07 Å². The maximum Gasteiger partial charge on any atom is 0.257 e. The fourth-order valence-electron chi connectivity index (χ4n) is 1.60. The van der Waals surface area contributed by atoms with Gasteiger partial charge in [-0.15, -0.1) is 0 Å². The number of ether oxygens (including phenoxy) is 2. The van der Waals surface area contributed by atoms with Crippen LogP contribution < -0.4 is 15.2 Å². The van der Waals surface area contributed by atoms with Gasteiger partial charge >= 0.3 is 0 Å². The summed E-state index contributed by atoms with van der Waals surface area (Å²) in [5.74, 6) is 0.849. The molecule has 5 nitrogen and oxygen atoms in total. The van der Waals surface area contributed by atoms with Gasteiger partial charge in [0.2, 0.25) is 0 Å². The van der Waals surface area contributed by atoms with Gasteiger partial charge in [0.05, 0.1) is 19.8 Å². The van der Waals surface area contributed by atoms with Gasteiger partial charge in [-0.05, 0) is 19.1 Å². The van der Waals surface area contributed by atoms with Crippen LogP contribution in [0.25, 0.3) is 0 Å². The van der Waals surface area contributed by atoms with Crippen LogP contribution in [0, 0.1) is 0 Å². The highest BCUT2D eigenvalue weighted by Gasteiger charge is 2.21. The Morgan fingerprint density at radius 2 is 2.06 bits per heavy atom. The Hall–Kier alpha value is -1.75. The quantitative estimate of drug-likeness (QED) is 0.853. The highest BCUT2D eigenvalue weighted by Crippen LogP contribution is 2.31. The number of hydrogen-bond donors (Lipinski definition) is 1. The predicted molar refractivity (Wildman–Crippen MR) is 70.2 cm³/mol. The second kappa shape index (κ2) is 6.26. The first-order valence-electron chi connectivity index (χ1n) is 5.75. The van der Waals surface area contributed by atoms with Crippen LogP contribution in [0.4, 0.5) is 0 Å². The van der Waals surface area contributed by atoms with E-state index in [0.29, 0.717) is 23.6 Å². The number of rotatable bonds is 5. The standard InChI is InChI=1S/C13H20N2O3/c1-9(8-14)15(2)13(16)10-6-5-7-11(17-3)12(10)18-4/h5-7,9H,8,14H2,1-4H3. The van der Waals surface area contributed by atoms with E-state index >= 15 is 0 Å². The normalized spacial score (nSPS) is 11.8. The van der Waals surface area contributed by atoms with Crippen molar-refractivity contribution >= 4 is 5.91 Å². The minimum absolute atomic E-state index is 0.0339. The number of hydrogen-bond acceptors (Lipinski definition) is 4. The van der Waals surface area contributed by atoms with Crippen molar-refractivity contribution in [1.82, 2.24) is 4.90 Å². The Bertz CT molecular complexity index is 421. The molecule has 0 heterocycles. The monoisotopic (exact) mass is 252 g/mol. The van der Waals surface area contributed by atoms with Crippen molar-refractivity contribution in [3.05, 3.63) is 23.8 Å². The van der Waals surface area contributed by atoms with Crippen LogP contribution in [-0.4, -0.2) is 44.7 Å². The number of carbonyl (C=O) groups excluding carboxylic acids is 1. The fraction of sp³-hybridized carbons (Fsp3) is 0.462. The first-order chi connectivity index (χ1) is 8.56. The van der Waals surface area contributed by atoms with Gasteiger partial charge in [0.15, 0.2) is 11.5 Å². The van der Waals surface area contributed by atoms with Crippen molar-refractivity contribution in [2.75, 3.05) is 27.8 Å². The predicted octanol–water partition coefficient (Wildman–Crippen LogP) is 1.12. The molecule has 0 saturated heterocycles. The Balaban J connectivity index is 3.13. The van der Waals surface area contributed by atoms with E-state index in [1.54, 1.807) is 37.3 Å². The largest absolute Gasteiger partial charge is 0.493 e. The molecule has 0 aromatic heterocycles. The van der Waals surface area contributed by atoms with Crippen molar-refractivity contribution in [2.45, 2.75) is 13.0 Å². The molecule has 0 aliphatic heterocycles. The molecule has 100 valence electrons. The van der Waals surface area contributed by atoms with Crippen LogP contribution in [0.15, 0.2) is 18.2 Å². The van der Waals surface area contributed by atoms with Crippen LogP contribution in [0.5, 0.6) is 11.5 Å². The Labute approximate surface area is 107 Å². The number of benzene rings is 1. The van der Waals surface area contributed by atoms with Crippen molar-refractivity contribution in [3.63, 3.8) is 0 Å². The summed E-state index contributed by atoms with van der Waals surface area (Å²) in [4.78, 5) is 13.9. The van der Waals surface area contributed by atoms with E-state index < -0.39 is 0 Å². The molecule has 0 saturated carbocycles. The molecular formula is C13H20N2O3. The summed E-state index contributed by atoms with van der Waals surface area (Å²) in [6.45, 7) is 2.30. The molecular weight excluding hydrogens is 232 g/mol. The van der Waals surface area contributed by atoms with Gasteiger partial charge < -0.3 is 20.1 Å². The molecule has 18 heavy (non-hydrogen) atoms. The molecule has 5 heteroatoms. The highest BCUT2D eigenvalue weighted by atomic mass is 16.5. The number of nitrogens with zero attached hydrogens (tertiary/aromatic N) is 1. The van der Waals surface area contributed by atoms with E-state index in [4.69, 9.17) is 15.2 Å². The zero-order chi connectivity index (χ0) is 13.7. The van der Waals surface area contributed by atoms with Crippen LogP contribution in [0.2, 0.25) is 0 Å². The number of methoxy groups -OCH3 is 2. The van der Waals surface area contributed by atoms with Crippen LogP contribution in [-0.2, 0) is 0 Å². The van der Waals surface area contributed by atoms with E-state index in [9.17, 15) is 4.79 Å². The van der Waals surface area contributed by atoms with Crippen LogP contribution in [0.3, 0.4) is 0 Å². The number of carbonyl (C=O) groups is 1. The van der Waals surface area contributed by atoms with E-state index in [1.807, 2.05) is 6.92 Å². The van der Waals surface area contributed by atoms with Crippen molar-refractivity contribution in [3.8, 4) is 11.5 Å². The molecule has 0 aliphatic carbocycles. The van der Waals surface area contributed by atoms with Gasteiger partial charge in [-0.3, -0.25) is 4.79 Å². The van der Waals surface area contributed by atoms with Gasteiger partial charge in [-0.25, -0.2) is 0 Å². The molecule has 0 radical (unpaired) electrons. The molecule has 1 unspecified atom stereocenters. The Morgan fingerprint density at radius 3 is 2.56 bits per heavy atom. The van der Waals surface area contributed by atoms with Crippen molar-refractivity contribution < 1.29 is 14.3 Å². The lowest BCUT2D eigenvalue weighted by atomic mass is 10.1. The fourth-order valence-corrected chi connectivity index (χ4v) is 1.60. The highest BCUT2D eigenvalue weighted by molar-refractivity contribution is 5.97. The number of nitrogens with two attached hydrogens (primary N) is 1. The summed E-state index contributed by atoms with van der Waals surface area (Å²) in [5.41, 5.74) is 6.04. The molecule has 0 bridgehead atoms. The van der Waals surface area contributed by atoms with E-state index in [1.165, 1.54) is 7.11 Å². The Kier molecular flexibility index (Phi) is 4.97. The van der Waals surface area contributed by atoms with Gasteiger partial charge in [0.25, 0.3) is 5.91 Å². The average Bonchev–Trinajstić information content (AvgIpc) is 2.43. The second-order valence-corrected chi connectivity index (χ2v) is 4.04. The number of para-hydroxylation sites is 1. The van der Waals surface area contributed by atoms with E-state index in [0.717, 1.165) is 0 Å². The number of likely N-dealkylation sites (N-methyl/N-ethyl adjacent to an activating group) is 1. The third kappa shape index (κ3) is 2.73. The van der Waals surface area contributed by atoms with E-state index in [2.05, 4.69) is 0 Å². The maximum absolute atomic E-state index is 12.3. The molecule has 2 N–H and O–H groups in total.